The quantitative estimate of drug-likeness (QED) is 0.196. The molecule has 2 rings (SSSR count). The van der Waals surface area contributed by atoms with Gasteiger partial charge in [0, 0.05) is 12.4 Å². The predicted octanol–water partition coefficient (Wildman–Crippen LogP) is 8.28. The van der Waals surface area contributed by atoms with E-state index < -0.39 is 0 Å². The van der Waals surface area contributed by atoms with Crippen LogP contribution in [0.4, 0.5) is 0 Å². The highest BCUT2D eigenvalue weighted by Crippen LogP contribution is 2.19. The van der Waals surface area contributed by atoms with Crippen LogP contribution in [0, 0.1) is 0 Å². The molecule has 0 unspecified atom stereocenters. The van der Waals surface area contributed by atoms with E-state index in [0.29, 0.717) is 0 Å². The van der Waals surface area contributed by atoms with Crippen molar-refractivity contribution in [2.45, 2.75) is 89.9 Å². The summed E-state index contributed by atoms with van der Waals surface area (Å²) in [6.07, 6.45) is 25.4. The molecule has 0 amide bonds. The van der Waals surface area contributed by atoms with Gasteiger partial charge in [-0.05, 0) is 86.8 Å². The Bertz CT molecular complexity index is 671. The van der Waals surface area contributed by atoms with Crippen molar-refractivity contribution in [2.24, 2.45) is 0 Å². The Balaban J connectivity index is 1.77. The summed E-state index contributed by atoms with van der Waals surface area (Å²) >= 11 is 0. The lowest BCUT2D eigenvalue weighted by molar-refractivity contribution is 0.617. The van der Waals surface area contributed by atoms with Crippen LogP contribution >= 0.6 is 0 Å². The van der Waals surface area contributed by atoms with Gasteiger partial charge < -0.3 is 0 Å². The van der Waals surface area contributed by atoms with Crippen molar-refractivity contribution in [1.29, 1.82) is 0 Å². The van der Waals surface area contributed by atoms with Crippen molar-refractivity contribution in [3.8, 4) is 11.4 Å². The van der Waals surface area contributed by atoms with Crippen LogP contribution in [0.25, 0.3) is 11.4 Å². The lowest BCUT2D eigenvalue weighted by atomic mass is 10.0. The Labute approximate surface area is 184 Å². The van der Waals surface area contributed by atoms with Crippen molar-refractivity contribution in [1.82, 2.24) is 9.97 Å². The van der Waals surface area contributed by atoms with Gasteiger partial charge in [-0.15, -0.1) is 13.2 Å². The van der Waals surface area contributed by atoms with Crippen molar-refractivity contribution < 1.29 is 0 Å². The average Bonchev–Trinajstić information content (AvgIpc) is 2.78. The minimum absolute atomic E-state index is 1.00. The molecule has 2 aromatic heterocycles. The molecule has 0 radical (unpaired) electrons. The molecule has 0 atom stereocenters. The molecule has 0 spiro atoms. The van der Waals surface area contributed by atoms with Crippen LogP contribution in [0.15, 0.2) is 62.0 Å². The third-order valence-corrected chi connectivity index (χ3v) is 5.66. The third-order valence-electron chi connectivity index (χ3n) is 5.66. The van der Waals surface area contributed by atoms with Crippen LogP contribution in [0.3, 0.4) is 0 Å². The number of aromatic nitrogens is 2. The van der Waals surface area contributed by atoms with Crippen molar-refractivity contribution in [3.63, 3.8) is 0 Å². The first-order chi connectivity index (χ1) is 14.8. The van der Waals surface area contributed by atoms with Gasteiger partial charge in [0.05, 0.1) is 11.4 Å². The summed E-state index contributed by atoms with van der Waals surface area (Å²) in [5.74, 6) is 0. The van der Waals surface area contributed by atoms with Gasteiger partial charge in [0.2, 0.25) is 0 Å². The van der Waals surface area contributed by atoms with E-state index in [1.54, 1.807) is 0 Å². The Kier molecular flexibility index (Phi) is 12.5. The summed E-state index contributed by atoms with van der Waals surface area (Å²) in [7, 11) is 0. The molecule has 30 heavy (non-hydrogen) atoms. The SMILES string of the molecule is C=CCCCCCCCc1ccnc(-c2cc(CCCCCCCC=C)ccn2)c1. The van der Waals surface area contributed by atoms with E-state index in [-0.39, 0.29) is 0 Å². The fraction of sp³-hybridized carbons (Fsp3) is 0.500. The fourth-order valence-corrected chi connectivity index (χ4v) is 3.84. The second-order valence-corrected chi connectivity index (χ2v) is 8.29. The molecule has 0 aliphatic carbocycles. The molecule has 0 saturated heterocycles. The molecule has 0 aliphatic rings. The Morgan fingerprint density at radius 2 is 0.967 bits per heavy atom. The zero-order valence-corrected chi connectivity index (χ0v) is 18.8. The maximum absolute atomic E-state index is 4.59. The molecule has 2 nitrogen and oxygen atoms in total. The Hall–Kier alpha value is -2.22. The fourth-order valence-electron chi connectivity index (χ4n) is 3.84. The number of nitrogens with zero attached hydrogens (tertiary/aromatic N) is 2. The third kappa shape index (κ3) is 10.0. The summed E-state index contributed by atoms with van der Waals surface area (Å²) < 4.78 is 0. The predicted molar refractivity (Wildman–Crippen MR) is 131 cm³/mol. The van der Waals surface area contributed by atoms with Gasteiger partial charge in [0.25, 0.3) is 0 Å². The van der Waals surface area contributed by atoms with E-state index in [4.69, 9.17) is 0 Å². The second kappa shape index (κ2) is 15.6. The molecule has 2 aromatic rings. The van der Waals surface area contributed by atoms with Crippen LogP contribution in [0.2, 0.25) is 0 Å². The number of unbranched alkanes of at least 4 members (excludes halogenated alkanes) is 10. The average molecular weight is 405 g/mol. The van der Waals surface area contributed by atoms with Crippen LogP contribution < -0.4 is 0 Å². The van der Waals surface area contributed by atoms with Gasteiger partial charge in [0.15, 0.2) is 0 Å². The topological polar surface area (TPSA) is 25.8 Å². The van der Waals surface area contributed by atoms with Gasteiger partial charge in [0.1, 0.15) is 0 Å². The van der Waals surface area contributed by atoms with E-state index in [0.717, 1.165) is 37.1 Å². The first kappa shape index (κ1) is 24.1. The maximum atomic E-state index is 4.59. The number of aryl methyl sites for hydroxylation is 2. The zero-order valence-electron chi connectivity index (χ0n) is 18.8. The number of allylic oxidation sites excluding steroid dienone is 2. The molecular formula is C28H40N2. The Morgan fingerprint density at radius 1 is 0.567 bits per heavy atom. The number of hydrogen-bond acceptors (Lipinski definition) is 2. The summed E-state index contributed by atoms with van der Waals surface area (Å²) in [5, 5.41) is 0. The standard InChI is InChI=1S/C28H40N2/c1-3-5-7-9-11-13-15-17-25-19-21-29-27(23-25)28-24-26(20-22-30-28)18-16-14-12-10-8-6-4-2/h3-4,19-24H,1-2,5-18H2. The van der Waals surface area contributed by atoms with E-state index in [1.807, 2.05) is 24.5 Å². The summed E-state index contributed by atoms with van der Waals surface area (Å²) in [6.45, 7) is 7.58. The number of pyridine rings is 2. The molecule has 0 bridgehead atoms. The van der Waals surface area contributed by atoms with E-state index in [2.05, 4.69) is 47.4 Å². The molecule has 0 saturated carbocycles. The molecule has 0 aromatic carbocycles. The van der Waals surface area contributed by atoms with Crippen LogP contribution in [-0.2, 0) is 12.8 Å². The highest BCUT2D eigenvalue weighted by molar-refractivity contribution is 5.55. The first-order valence-corrected chi connectivity index (χ1v) is 12.0. The maximum Gasteiger partial charge on any atom is 0.0888 e. The Morgan fingerprint density at radius 3 is 1.40 bits per heavy atom. The van der Waals surface area contributed by atoms with Crippen molar-refractivity contribution in [3.05, 3.63) is 73.1 Å². The normalized spacial score (nSPS) is 10.8. The van der Waals surface area contributed by atoms with Gasteiger partial charge in [-0.1, -0.05) is 50.7 Å². The molecule has 2 heterocycles. The second-order valence-electron chi connectivity index (χ2n) is 8.29. The van der Waals surface area contributed by atoms with Crippen molar-refractivity contribution >= 4 is 0 Å². The molecular weight excluding hydrogens is 364 g/mol. The molecule has 2 heteroatoms. The minimum Gasteiger partial charge on any atom is -0.255 e. The summed E-state index contributed by atoms with van der Waals surface area (Å²) in [5.41, 5.74) is 4.75. The van der Waals surface area contributed by atoms with Crippen LogP contribution in [-0.4, -0.2) is 9.97 Å². The van der Waals surface area contributed by atoms with Gasteiger partial charge >= 0.3 is 0 Å². The van der Waals surface area contributed by atoms with Crippen LogP contribution in [0.5, 0.6) is 0 Å². The highest BCUT2D eigenvalue weighted by atomic mass is 14.8. The molecule has 0 aliphatic heterocycles. The summed E-state index contributed by atoms with van der Waals surface area (Å²) in [6, 6.07) is 8.75. The van der Waals surface area contributed by atoms with E-state index in [9.17, 15) is 0 Å². The summed E-state index contributed by atoms with van der Waals surface area (Å²) in [4.78, 5) is 9.17. The van der Waals surface area contributed by atoms with Gasteiger partial charge in [-0.3, -0.25) is 9.97 Å². The minimum atomic E-state index is 1.00. The molecule has 0 N–H and O–H groups in total. The van der Waals surface area contributed by atoms with E-state index in [1.165, 1.54) is 75.3 Å². The monoisotopic (exact) mass is 404 g/mol. The van der Waals surface area contributed by atoms with Crippen molar-refractivity contribution in [2.75, 3.05) is 0 Å². The number of rotatable bonds is 17. The smallest absolute Gasteiger partial charge is 0.0888 e. The first-order valence-electron chi connectivity index (χ1n) is 12.0. The van der Waals surface area contributed by atoms with Gasteiger partial charge in [-0.25, -0.2) is 0 Å². The van der Waals surface area contributed by atoms with Gasteiger partial charge in [-0.2, -0.15) is 0 Å². The van der Waals surface area contributed by atoms with Crippen LogP contribution in [0.1, 0.15) is 88.2 Å². The molecule has 162 valence electrons. The highest BCUT2D eigenvalue weighted by Gasteiger charge is 2.04. The number of hydrogen-bond donors (Lipinski definition) is 0. The largest absolute Gasteiger partial charge is 0.255 e. The lowest BCUT2D eigenvalue weighted by Gasteiger charge is -2.07. The molecule has 0 fully saturated rings. The van der Waals surface area contributed by atoms with E-state index >= 15 is 0 Å². The lowest BCUT2D eigenvalue weighted by Crippen LogP contribution is -1.94. The zero-order chi connectivity index (χ0) is 21.3.